The number of carbonyl (C=O) groups is 3. The summed E-state index contributed by atoms with van der Waals surface area (Å²) in [6.07, 6.45) is 4.15. The number of fused-ring (bicyclic) bond motifs is 3. The van der Waals surface area contributed by atoms with E-state index in [1.165, 1.54) is 12.3 Å². The number of nitrogens with two attached hydrogens (primary N) is 1. The van der Waals surface area contributed by atoms with Crippen molar-refractivity contribution in [3.05, 3.63) is 57.6 Å². The first kappa shape index (κ1) is 43.4. The van der Waals surface area contributed by atoms with Gasteiger partial charge in [-0.05, 0) is 87.1 Å². The van der Waals surface area contributed by atoms with Crippen molar-refractivity contribution in [3.8, 4) is 0 Å². The second-order valence-electron chi connectivity index (χ2n) is 14.4. The van der Waals surface area contributed by atoms with Gasteiger partial charge >= 0.3 is 10.4 Å². The number of rotatable bonds is 4. The van der Waals surface area contributed by atoms with E-state index >= 15 is 4.39 Å². The third-order valence-corrected chi connectivity index (χ3v) is 10.4. The summed E-state index contributed by atoms with van der Waals surface area (Å²) < 4.78 is 53.2. The highest BCUT2D eigenvalue weighted by Crippen LogP contribution is 2.64. The van der Waals surface area contributed by atoms with E-state index < -0.39 is 57.0 Å². The minimum Gasteiger partial charge on any atom is -0.412 e. The molecule has 6 rings (SSSR count). The molecule has 4 heterocycles. The summed E-state index contributed by atoms with van der Waals surface area (Å²) in [5, 5.41) is 17.9. The van der Waals surface area contributed by atoms with Crippen molar-refractivity contribution >= 4 is 57.0 Å². The fourth-order valence-electron chi connectivity index (χ4n) is 7.71. The molecule has 1 aromatic heterocycles. The molecule has 3 fully saturated rings. The zero-order valence-electron chi connectivity index (χ0n) is 29.1. The van der Waals surface area contributed by atoms with Gasteiger partial charge in [0.15, 0.2) is 11.0 Å². The average Bonchev–Trinajstić information content (AvgIpc) is 3.47. The van der Waals surface area contributed by atoms with Crippen LogP contribution in [0.1, 0.15) is 83.3 Å². The molecule has 2 spiro atoms. The van der Waals surface area contributed by atoms with Crippen molar-refractivity contribution in [1.82, 2.24) is 15.6 Å². The molecule has 1 saturated carbocycles. The number of hydrogen-bond donors (Lipinski definition) is 7. The molecular formula is C33H46Cl2FN5O10S. The van der Waals surface area contributed by atoms with Crippen LogP contribution >= 0.6 is 23.2 Å². The van der Waals surface area contributed by atoms with Crippen LogP contribution in [0.25, 0.3) is 0 Å². The molecule has 2 aromatic rings. The standard InChI is InChI=1S/C30H34Cl2FN5O4.C3H8O.H2O4S.H2O/c1-28(2)8-10-29(11-9-28)30(18-5-3-15(31)13-19(18)37-27(30)41)21(17-7-12-35-24(32)22(17)33)23(38-29)26(40)36-16-4-6-20(25(34)39)42-14-16;1-3(2)4;1-5(2,3)4;/h3,5,7,12-13,16,20-21,23,38H,4,6,8-11,14H2,1-2H3,(H2,34,39)(H,36,40)(H,37,41);3-4H,1-2H3;(H2,1,2,3,4);1H2/t16-,20+,21+,23-,30-;;;/m1.../s1. The van der Waals surface area contributed by atoms with Gasteiger partial charge < -0.3 is 31.7 Å². The summed E-state index contributed by atoms with van der Waals surface area (Å²) >= 11 is 12.5. The number of pyridine rings is 1. The molecule has 3 amide bonds. The number of anilines is 1. The van der Waals surface area contributed by atoms with Crippen LogP contribution in [-0.2, 0) is 34.9 Å². The number of benzene rings is 1. The summed E-state index contributed by atoms with van der Waals surface area (Å²) in [5.74, 6) is -2.99. The van der Waals surface area contributed by atoms with E-state index in [4.69, 9.17) is 56.3 Å². The molecule has 290 valence electrons. The van der Waals surface area contributed by atoms with Gasteiger partial charge in [-0.15, -0.1) is 0 Å². The van der Waals surface area contributed by atoms with Crippen molar-refractivity contribution in [3.63, 3.8) is 0 Å². The Balaban J connectivity index is 0.000000654. The maximum Gasteiger partial charge on any atom is 0.394 e. The fourth-order valence-corrected chi connectivity index (χ4v) is 8.05. The first-order valence-corrected chi connectivity index (χ1v) is 18.6. The number of nitrogens with zero attached hydrogens (tertiary/aromatic N) is 1. The SMILES string of the molecule is CC(C)O.CC1(C)CCC2(CC1)N[C@@H](C(=O)N[C@@H]1CC[C@@H](C(N)=O)OC1)[C@H](c1ccnc(Cl)c1F)[C@]21C(=O)Nc2cc(Cl)ccc21.O.O=S(=O)(O)O. The second kappa shape index (κ2) is 16.6. The van der Waals surface area contributed by atoms with Crippen LogP contribution in [0.15, 0.2) is 30.5 Å². The number of halogens is 3. The van der Waals surface area contributed by atoms with Gasteiger partial charge in [-0.25, -0.2) is 9.37 Å². The van der Waals surface area contributed by atoms with Crippen LogP contribution in [0.4, 0.5) is 10.1 Å². The third kappa shape index (κ3) is 9.19. The van der Waals surface area contributed by atoms with E-state index in [0.717, 1.165) is 12.8 Å². The number of nitrogens with one attached hydrogen (secondary N) is 3. The fraction of sp³-hybridized carbons (Fsp3) is 0.576. The van der Waals surface area contributed by atoms with Crippen LogP contribution in [0.5, 0.6) is 0 Å². The number of aromatic nitrogens is 1. The van der Waals surface area contributed by atoms with E-state index in [2.05, 4.69) is 34.8 Å². The molecular weight excluding hydrogens is 748 g/mol. The number of primary amides is 1. The molecule has 1 aliphatic carbocycles. The number of amides is 3. The lowest BCUT2D eigenvalue weighted by molar-refractivity contribution is -0.134. The van der Waals surface area contributed by atoms with Gasteiger partial charge in [-0.1, -0.05) is 43.1 Å². The van der Waals surface area contributed by atoms with Crippen LogP contribution in [-0.4, -0.2) is 87.2 Å². The Morgan fingerprint density at radius 2 is 1.71 bits per heavy atom. The largest absolute Gasteiger partial charge is 0.412 e. The minimum absolute atomic E-state index is 0. The molecule has 0 unspecified atom stereocenters. The molecule has 1 aromatic carbocycles. The summed E-state index contributed by atoms with van der Waals surface area (Å²) in [5.41, 5.74) is 4.54. The number of carbonyl (C=O) groups excluding carboxylic acids is 3. The van der Waals surface area contributed by atoms with Gasteiger partial charge in [0.05, 0.1) is 18.7 Å². The van der Waals surface area contributed by atoms with Gasteiger partial charge in [0.2, 0.25) is 17.7 Å². The van der Waals surface area contributed by atoms with E-state index in [9.17, 15) is 14.4 Å². The first-order valence-electron chi connectivity index (χ1n) is 16.4. The molecule has 2 saturated heterocycles. The number of hydrogen-bond acceptors (Lipinski definition) is 9. The molecule has 15 nitrogen and oxygen atoms in total. The summed E-state index contributed by atoms with van der Waals surface area (Å²) in [6.45, 7) is 7.94. The Labute approximate surface area is 311 Å². The lowest BCUT2D eigenvalue weighted by Gasteiger charge is -2.50. The molecule has 10 N–H and O–H groups in total. The van der Waals surface area contributed by atoms with Crippen LogP contribution < -0.4 is 21.7 Å². The predicted molar refractivity (Wildman–Crippen MR) is 191 cm³/mol. The molecule has 4 aliphatic rings. The maximum absolute atomic E-state index is 16.0. The third-order valence-electron chi connectivity index (χ3n) is 9.89. The molecule has 5 atom stereocenters. The summed E-state index contributed by atoms with van der Waals surface area (Å²) in [7, 11) is -4.67. The van der Waals surface area contributed by atoms with E-state index in [0.29, 0.717) is 42.0 Å². The van der Waals surface area contributed by atoms with E-state index in [-0.39, 0.29) is 46.3 Å². The van der Waals surface area contributed by atoms with E-state index in [1.54, 1.807) is 26.0 Å². The Kier molecular flexibility index (Phi) is 13.8. The van der Waals surface area contributed by atoms with Gasteiger partial charge in [0.25, 0.3) is 0 Å². The lowest BCUT2D eigenvalue weighted by atomic mass is 9.53. The van der Waals surface area contributed by atoms with Crippen molar-refractivity contribution < 1.29 is 51.6 Å². The average molecular weight is 795 g/mol. The Hall–Kier alpha value is -3.00. The Bertz CT molecular complexity index is 1740. The zero-order valence-corrected chi connectivity index (χ0v) is 31.4. The van der Waals surface area contributed by atoms with Gasteiger partial charge in [0.1, 0.15) is 11.5 Å². The monoisotopic (exact) mass is 793 g/mol. The molecule has 3 aliphatic heterocycles. The van der Waals surface area contributed by atoms with Crippen molar-refractivity contribution in [1.29, 1.82) is 0 Å². The van der Waals surface area contributed by atoms with Crippen molar-refractivity contribution in [2.45, 2.75) is 107 Å². The minimum atomic E-state index is -4.67. The molecule has 19 heteroatoms. The zero-order chi connectivity index (χ0) is 38.1. The number of ether oxygens (including phenoxy) is 1. The molecule has 0 bridgehead atoms. The number of aliphatic hydroxyl groups excluding tert-OH is 1. The quantitative estimate of drug-likeness (QED) is 0.175. The Morgan fingerprint density at radius 3 is 2.25 bits per heavy atom. The summed E-state index contributed by atoms with van der Waals surface area (Å²) in [4.78, 5) is 44.2. The second-order valence-corrected chi connectivity index (χ2v) is 16.0. The predicted octanol–water partition coefficient (Wildman–Crippen LogP) is 2.87. The van der Waals surface area contributed by atoms with Crippen LogP contribution in [0, 0.1) is 11.2 Å². The van der Waals surface area contributed by atoms with Gasteiger partial charge in [0, 0.05) is 34.5 Å². The molecule has 52 heavy (non-hydrogen) atoms. The maximum atomic E-state index is 16.0. The highest BCUT2D eigenvalue weighted by molar-refractivity contribution is 7.79. The van der Waals surface area contributed by atoms with Crippen LogP contribution in [0.3, 0.4) is 0 Å². The highest BCUT2D eigenvalue weighted by atomic mass is 35.5. The van der Waals surface area contributed by atoms with Crippen LogP contribution in [0.2, 0.25) is 10.2 Å². The topological polar surface area (TPSA) is 262 Å². The smallest absolute Gasteiger partial charge is 0.394 e. The first-order chi connectivity index (χ1) is 23.6. The normalized spacial score (nSPS) is 26.9. The van der Waals surface area contributed by atoms with E-state index in [1.807, 2.05) is 6.07 Å². The Morgan fingerprint density at radius 1 is 1.12 bits per heavy atom. The lowest BCUT2D eigenvalue weighted by Crippen LogP contribution is -2.61. The highest BCUT2D eigenvalue weighted by Gasteiger charge is 2.73. The van der Waals surface area contributed by atoms with Crippen molar-refractivity contribution in [2.75, 3.05) is 11.9 Å². The van der Waals surface area contributed by atoms with Gasteiger partial charge in [-0.3, -0.25) is 28.8 Å². The molecule has 0 radical (unpaired) electrons. The summed E-state index contributed by atoms with van der Waals surface area (Å²) in [6, 6.07) is 5.34. The number of aliphatic hydroxyl groups is 1. The van der Waals surface area contributed by atoms with Crippen molar-refractivity contribution in [2.24, 2.45) is 11.1 Å². The van der Waals surface area contributed by atoms with Gasteiger partial charge in [-0.2, -0.15) is 8.42 Å².